The largest absolute Gasteiger partial charge is 0.481 e. The molecule has 3 heteroatoms. The van der Waals surface area contributed by atoms with Crippen molar-refractivity contribution in [3.05, 3.63) is 64.7 Å². The molecule has 2 aromatic rings. The Hall–Kier alpha value is -2.29. The summed E-state index contributed by atoms with van der Waals surface area (Å²) in [5.41, 5.74) is 4.88. The number of benzene rings is 2. The lowest BCUT2D eigenvalue weighted by atomic mass is 9.99. The molecule has 0 aliphatic carbocycles. The van der Waals surface area contributed by atoms with E-state index >= 15 is 0 Å². The zero-order chi connectivity index (χ0) is 18.0. The second-order valence-electron chi connectivity index (χ2n) is 7.23. The Morgan fingerprint density at radius 1 is 1.08 bits per heavy atom. The summed E-state index contributed by atoms with van der Waals surface area (Å²) in [6, 6.07) is 14.6. The summed E-state index contributed by atoms with van der Waals surface area (Å²) in [7, 11) is 0. The summed E-state index contributed by atoms with van der Waals surface area (Å²) in [6.07, 6.45) is 0.431. The van der Waals surface area contributed by atoms with Gasteiger partial charge in [0, 0.05) is 13.1 Å². The van der Waals surface area contributed by atoms with Crippen LogP contribution in [0.4, 0.5) is 0 Å². The van der Waals surface area contributed by atoms with Gasteiger partial charge in [-0.25, -0.2) is 0 Å². The maximum absolute atomic E-state index is 12.9. The number of nitrogens with zero attached hydrogens (tertiary/aromatic N) is 1. The fraction of sp³-hybridized carbons (Fsp3) is 0.409. The molecule has 1 aliphatic heterocycles. The topological polar surface area (TPSA) is 29.5 Å². The molecular formula is C22H27NO2. The number of amides is 1. The predicted molar refractivity (Wildman–Crippen MR) is 101 cm³/mol. The molecular weight excluding hydrogens is 310 g/mol. The fourth-order valence-electron chi connectivity index (χ4n) is 3.40. The fourth-order valence-corrected chi connectivity index (χ4v) is 3.40. The van der Waals surface area contributed by atoms with Crippen molar-refractivity contribution < 1.29 is 9.53 Å². The Bertz CT molecular complexity index is 766. The van der Waals surface area contributed by atoms with Crippen molar-refractivity contribution in [3.63, 3.8) is 0 Å². The van der Waals surface area contributed by atoms with Gasteiger partial charge in [-0.2, -0.15) is 0 Å². The minimum Gasteiger partial charge on any atom is -0.481 e. The molecule has 132 valence electrons. The van der Waals surface area contributed by atoms with Crippen LogP contribution < -0.4 is 4.74 Å². The third kappa shape index (κ3) is 3.87. The first-order valence-corrected chi connectivity index (χ1v) is 9.08. The molecule has 3 rings (SSSR count). The average Bonchev–Trinajstić information content (AvgIpc) is 2.60. The van der Waals surface area contributed by atoms with Gasteiger partial charge >= 0.3 is 0 Å². The monoisotopic (exact) mass is 337 g/mol. The van der Waals surface area contributed by atoms with Crippen LogP contribution in [0.5, 0.6) is 5.75 Å². The minimum absolute atomic E-state index is 0.0608. The van der Waals surface area contributed by atoms with Crippen molar-refractivity contribution in [1.82, 2.24) is 4.90 Å². The molecule has 0 saturated heterocycles. The van der Waals surface area contributed by atoms with Crippen LogP contribution in [-0.4, -0.2) is 23.5 Å². The number of ether oxygens (including phenoxy) is 1. The van der Waals surface area contributed by atoms with Crippen LogP contribution >= 0.6 is 0 Å². The number of fused-ring (bicyclic) bond motifs is 1. The summed E-state index contributed by atoms with van der Waals surface area (Å²) < 4.78 is 6.10. The minimum atomic E-state index is -0.482. The lowest BCUT2D eigenvalue weighted by molar-refractivity contribution is -0.138. The van der Waals surface area contributed by atoms with Gasteiger partial charge < -0.3 is 9.64 Å². The quantitative estimate of drug-likeness (QED) is 0.824. The molecule has 1 atom stereocenters. The van der Waals surface area contributed by atoms with Gasteiger partial charge in [0.2, 0.25) is 0 Å². The molecule has 3 nitrogen and oxygen atoms in total. The van der Waals surface area contributed by atoms with Crippen LogP contribution in [0.3, 0.4) is 0 Å². The van der Waals surface area contributed by atoms with E-state index in [1.54, 1.807) is 0 Å². The van der Waals surface area contributed by atoms with Crippen molar-refractivity contribution >= 4 is 5.91 Å². The lowest BCUT2D eigenvalue weighted by Gasteiger charge is -2.31. The molecule has 1 heterocycles. The zero-order valence-corrected chi connectivity index (χ0v) is 15.6. The number of rotatable bonds is 4. The normalized spacial score (nSPS) is 15.0. The van der Waals surface area contributed by atoms with Crippen molar-refractivity contribution in [2.75, 3.05) is 6.54 Å². The van der Waals surface area contributed by atoms with E-state index < -0.39 is 6.10 Å². The lowest BCUT2D eigenvalue weighted by Crippen LogP contribution is -2.43. The average molecular weight is 337 g/mol. The molecule has 0 saturated carbocycles. The van der Waals surface area contributed by atoms with Crippen molar-refractivity contribution in [1.29, 1.82) is 0 Å². The summed E-state index contributed by atoms with van der Waals surface area (Å²) in [4.78, 5) is 14.8. The van der Waals surface area contributed by atoms with Gasteiger partial charge in [-0.3, -0.25) is 4.79 Å². The summed E-state index contributed by atoms with van der Waals surface area (Å²) in [5.74, 6) is 1.25. The molecule has 1 amide bonds. The Labute approximate surface area is 150 Å². The van der Waals surface area contributed by atoms with E-state index in [-0.39, 0.29) is 5.91 Å². The number of carbonyl (C=O) groups excluding carboxylic acids is 1. The first-order valence-electron chi connectivity index (χ1n) is 9.08. The first-order chi connectivity index (χ1) is 12.0. The zero-order valence-electron chi connectivity index (χ0n) is 15.6. The summed E-state index contributed by atoms with van der Waals surface area (Å²) >= 11 is 0. The Morgan fingerprint density at radius 3 is 2.52 bits per heavy atom. The number of carbonyl (C=O) groups is 1. The smallest absolute Gasteiger partial charge is 0.263 e. The molecule has 0 fully saturated rings. The molecule has 0 bridgehead atoms. The molecule has 0 spiro atoms. The predicted octanol–water partition coefficient (Wildman–Crippen LogP) is 4.47. The summed E-state index contributed by atoms with van der Waals surface area (Å²) in [6.45, 7) is 9.62. The van der Waals surface area contributed by atoms with Crippen molar-refractivity contribution in [2.45, 2.75) is 52.7 Å². The highest BCUT2D eigenvalue weighted by Gasteiger charge is 2.26. The van der Waals surface area contributed by atoms with Gasteiger partial charge in [-0.15, -0.1) is 0 Å². The van der Waals surface area contributed by atoms with Gasteiger partial charge in [0.1, 0.15) is 5.75 Å². The van der Waals surface area contributed by atoms with Gasteiger partial charge in [-0.1, -0.05) is 50.2 Å². The number of aryl methyl sites for hydroxylation is 1. The first kappa shape index (κ1) is 17.5. The Morgan fingerprint density at radius 2 is 1.80 bits per heavy atom. The highest BCUT2D eigenvalue weighted by molar-refractivity contribution is 5.81. The molecule has 2 aromatic carbocycles. The molecule has 0 aromatic heterocycles. The highest BCUT2D eigenvalue weighted by atomic mass is 16.5. The van der Waals surface area contributed by atoms with Crippen LogP contribution in [0.25, 0.3) is 0 Å². The molecule has 0 unspecified atom stereocenters. The van der Waals surface area contributed by atoms with Gasteiger partial charge in [0.25, 0.3) is 5.91 Å². The number of hydrogen-bond acceptors (Lipinski definition) is 2. The van der Waals surface area contributed by atoms with E-state index in [1.807, 2.05) is 30.9 Å². The van der Waals surface area contributed by atoms with E-state index in [1.165, 1.54) is 11.1 Å². The molecule has 1 aliphatic rings. The summed E-state index contributed by atoms with van der Waals surface area (Å²) in [5, 5.41) is 0. The molecule has 0 radical (unpaired) electrons. The van der Waals surface area contributed by atoms with E-state index in [2.05, 4.69) is 44.2 Å². The highest BCUT2D eigenvalue weighted by Crippen LogP contribution is 2.29. The Kier molecular flexibility index (Phi) is 5.12. The molecule has 25 heavy (non-hydrogen) atoms. The van der Waals surface area contributed by atoms with E-state index in [4.69, 9.17) is 4.74 Å². The van der Waals surface area contributed by atoms with Crippen LogP contribution in [0.15, 0.2) is 42.5 Å². The van der Waals surface area contributed by atoms with Crippen LogP contribution in [0.2, 0.25) is 0 Å². The van der Waals surface area contributed by atoms with Crippen LogP contribution in [0, 0.1) is 6.92 Å². The van der Waals surface area contributed by atoms with Gasteiger partial charge in [-0.05, 0) is 54.5 Å². The second kappa shape index (κ2) is 7.30. The standard InChI is InChI=1S/C22H27NO2/c1-15(2)20-10-9-16(3)13-21(20)25-17(4)22(24)23-12-11-18-7-5-6-8-19(18)14-23/h5-10,13,15,17H,11-12,14H2,1-4H3/t17-/m1/s1. The van der Waals surface area contributed by atoms with E-state index in [0.717, 1.165) is 29.8 Å². The second-order valence-corrected chi connectivity index (χ2v) is 7.23. The molecule has 0 N–H and O–H groups in total. The maximum atomic E-state index is 12.9. The van der Waals surface area contributed by atoms with Gasteiger partial charge in [0.15, 0.2) is 6.10 Å². The third-order valence-electron chi connectivity index (χ3n) is 4.88. The van der Waals surface area contributed by atoms with Gasteiger partial charge in [0.05, 0.1) is 0 Å². The van der Waals surface area contributed by atoms with Crippen molar-refractivity contribution in [2.24, 2.45) is 0 Å². The van der Waals surface area contributed by atoms with Crippen molar-refractivity contribution in [3.8, 4) is 5.75 Å². The third-order valence-corrected chi connectivity index (χ3v) is 4.88. The van der Waals surface area contributed by atoms with Crippen LogP contribution in [-0.2, 0) is 17.8 Å². The Balaban J connectivity index is 1.73. The van der Waals surface area contributed by atoms with Crippen LogP contribution in [0.1, 0.15) is 48.9 Å². The maximum Gasteiger partial charge on any atom is 0.263 e. The van der Waals surface area contributed by atoms with E-state index in [0.29, 0.717) is 12.5 Å². The SMILES string of the molecule is Cc1ccc(C(C)C)c(O[C@H](C)C(=O)N2CCc3ccccc3C2)c1. The number of hydrogen-bond donors (Lipinski definition) is 0. The van der Waals surface area contributed by atoms with E-state index in [9.17, 15) is 4.79 Å².